The van der Waals surface area contributed by atoms with Crippen molar-refractivity contribution in [2.45, 2.75) is 25.8 Å². The number of amides is 1. The second kappa shape index (κ2) is 5.53. The van der Waals surface area contributed by atoms with Crippen LogP contribution < -0.4 is 9.47 Å². The van der Waals surface area contributed by atoms with E-state index in [1.54, 1.807) is 30.6 Å². The van der Waals surface area contributed by atoms with Crippen molar-refractivity contribution in [3.63, 3.8) is 0 Å². The molecule has 3 heterocycles. The highest BCUT2D eigenvalue weighted by molar-refractivity contribution is 5.95. The Balaban J connectivity index is 1.62. The Morgan fingerprint density at radius 1 is 1.26 bits per heavy atom. The number of hydrogen-bond acceptors (Lipinski definition) is 5. The minimum Gasteiger partial charge on any atom is -0.454 e. The maximum Gasteiger partial charge on any atom is 0.254 e. The number of carbonyl (C=O) groups is 1. The Morgan fingerprint density at radius 3 is 3.00 bits per heavy atom. The van der Waals surface area contributed by atoms with Gasteiger partial charge in [-0.25, -0.2) is 0 Å². The van der Waals surface area contributed by atoms with Gasteiger partial charge in [0.2, 0.25) is 6.79 Å². The van der Waals surface area contributed by atoms with Crippen LogP contribution in [0.1, 0.15) is 40.6 Å². The van der Waals surface area contributed by atoms with Crippen molar-refractivity contribution in [3.8, 4) is 11.5 Å². The number of fused-ring (bicyclic) bond motifs is 1. The number of aromatic nitrogens is 2. The summed E-state index contributed by atoms with van der Waals surface area (Å²) in [7, 11) is 0. The molecule has 2 aromatic rings. The van der Waals surface area contributed by atoms with Crippen molar-refractivity contribution in [2.75, 3.05) is 13.3 Å². The number of rotatable bonds is 2. The van der Waals surface area contributed by atoms with Gasteiger partial charge in [-0.3, -0.25) is 14.8 Å². The number of nitrogens with zero attached hydrogens (tertiary/aromatic N) is 3. The number of hydrogen-bond donors (Lipinski definition) is 0. The molecule has 1 unspecified atom stereocenters. The summed E-state index contributed by atoms with van der Waals surface area (Å²) in [6.45, 7) is 2.85. The normalized spacial score (nSPS) is 19.2. The van der Waals surface area contributed by atoms with Crippen LogP contribution in [0, 0.1) is 6.92 Å². The van der Waals surface area contributed by atoms with Crippen molar-refractivity contribution in [2.24, 2.45) is 0 Å². The predicted molar refractivity (Wildman–Crippen MR) is 82.3 cm³/mol. The third-order valence-corrected chi connectivity index (χ3v) is 4.25. The molecule has 0 spiro atoms. The van der Waals surface area contributed by atoms with E-state index >= 15 is 0 Å². The van der Waals surface area contributed by atoms with Gasteiger partial charge >= 0.3 is 0 Å². The smallest absolute Gasteiger partial charge is 0.254 e. The molecule has 1 aromatic carbocycles. The lowest BCUT2D eigenvalue weighted by molar-refractivity contribution is 0.0732. The zero-order valence-corrected chi connectivity index (χ0v) is 12.9. The summed E-state index contributed by atoms with van der Waals surface area (Å²) in [5, 5.41) is 0. The van der Waals surface area contributed by atoms with E-state index in [-0.39, 0.29) is 18.7 Å². The summed E-state index contributed by atoms with van der Waals surface area (Å²) >= 11 is 0. The van der Waals surface area contributed by atoms with Gasteiger partial charge in [-0.05, 0) is 38.0 Å². The molecule has 0 radical (unpaired) electrons. The van der Waals surface area contributed by atoms with E-state index < -0.39 is 0 Å². The first-order chi connectivity index (χ1) is 11.2. The highest BCUT2D eigenvalue weighted by Gasteiger charge is 2.32. The Bertz CT molecular complexity index is 762. The third-order valence-electron chi connectivity index (χ3n) is 4.25. The Labute approximate surface area is 134 Å². The van der Waals surface area contributed by atoms with E-state index in [2.05, 4.69) is 9.97 Å². The molecule has 2 aliphatic rings. The first-order valence-corrected chi connectivity index (χ1v) is 7.71. The number of benzene rings is 1. The van der Waals surface area contributed by atoms with Gasteiger partial charge in [-0.1, -0.05) is 0 Å². The SMILES string of the molecule is Cc1cncc(C2CCCN2C(=O)c2ccc3c(c2)OCO3)n1. The van der Waals surface area contributed by atoms with Gasteiger partial charge < -0.3 is 14.4 Å². The van der Waals surface area contributed by atoms with Crippen molar-refractivity contribution < 1.29 is 14.3 Å². The van der Waals surface area contributed by atoms with E-state index in [0.717, 1.165) is 30.8 Å². The van der Waals surface area contributed by atoms with Gasteiger partial charge in [0.25, 0.3) is 5.91 Å². The van der Waals surface area contributed by atoms with E-state index in [4.69, 9.17) is 9.47 Å². The molecule has 1 aromatic heterocycles. The van der Waals surface area contributed by atoms with Crippen molar-refractivity contribution in [1.82, 2.24) is 14.9 Å². The molecule has 1 atom stereocenters. The highest BCUT2D eigenvalue weighted by atomic mass is 16.7. The van der Waals surface area contributed by atoms with Gasteiger partial charge in [0, 0.05) is 18.3 Å². The standard InChI is InChI=1S/C17H17N3O3/c1-11-8-18-9-13(19-11)14-3-2-6-20(14)17(21)12-4-5-15-16(7-12)23-10-22-15/h4-5,7-9,14H,2-3,6,10H2,1H3. The van der Waals surface area contributed by atoms with Crippen LogP contribution in [0.4, 0.5) is 0 Å². The molecule has 1 fully saturated rings. The fraction of sp³-hybridized carbons (Fsp3) is 0.353. The molecule has 1 amide bonds. The topological polar surface area (TPSA) is 64.6 Å². The zero-order chi connectivity index (χ0) is 15.8. The maximum atomic E-state index is 12.9. The summed E-state index contributed by atoms with van der Waals surface area (Å²) in [6, 6.07) is 5.31. The summed E-state index contributed by atoms with van der Waals surface area (Å²) < 4.78 is 10.7. The fourth-order valence-electron chi connectivity index (χ4n) is 3.16. The van der Waals surface area contributed by atoms with Crippen LogP contribution in [0.15, 0.2) is 30.6 Å². The van der Waals surface area contributed by atoms with Gasteiger partial charge in [-0.2, -0.15) is 0 Å². The highest BCUT2D eigenvalue weighted by Crippen LogP contribution is 2.35. The van der Waals surface area contributed by atoms with Gasteiger partial charge in [-0.15, -0.1) is 0 Å². The molecule has 6 nitrogen and oxygen atoms in total. The summed E-state index contributed by atoms with van der Waals surface area (Å²) in [5.74, 6) is 1.31. The van der Waals surface area contributed by atoms with Crippen LogP contribution in [0.3, 0.4) is 0 Å². The largest absolute Gasteiger partial charge is 0.454 e. The Morgan fingerprint density at radius 2 is 2.13 bits per heavy atom. The van der Waals surface area contributed by atoms with Crippen molar-refractivity contribution in [1.29, 1.82) is 0 Å². The summed E-state index contributed by atoms with van der Waals surface area (Å²) in [4.78, 5) is 23.5. The second-order valence-electron chi connectivity index (χ2n) is 5.81. The predicted octanol–water partition coefficient (Wildman–Crippen LogP) is 2.49. The summed E-state index contributed by atoms with van der Waals surface area (Å²) in [6.07, 6.45) is 5.36. The van der Waals surface area contributed by atoms with Gasteiger partial charge in [0.15, 0.2) is 11.5 Å². The van der Waals surface area contributed by atoms with Crippen LogP contribution in [-0.4, -0.2) is 34.1 Å². The molecule has 0 N–H and O–H groups in total. The first-order valence-electron chi connectivity index (χ1n) is 7.71. The van der Waals surface area contributed by atoms with Crippen molar-refractivity contribution in [3.05, 3.63) is 47.5 Å². The molecule has 0 saturated carbocycles. The minimum atomic E-state index is -0.0136. The van der Waals surface area contributed by atoms with Gasteiger partial charge in [0.1, 0.15) is 0 Å². The molecule has 6 heteroatoms. The zero-order valence-electron chi connectivity index (χ0n) is 12.9. The van der Waals surface area contributed by atoms with E-state index in [0.29, 0.717) is 17.1 Å². The van der Waals surface area contributed by atoms with Crippen LogP contribution in [0.5, 0.6) is 11.5 Å². The minimum absolute atomic E-state index is 0.00546. The lowest BCUT2D eigenvalue weighted by atomic mass is 10.1. The fourth-order valence-corrected chi connectivity index (χ4v) is 3.16. The molecular formula is C17H17N3O3. The van der Waals surface area contributed by atoms with E-state index in [1.807, 2.05) is 11.8 Å². The van der Waals surface area contributed by atoms with Gasteiger partial charge in [0.05, 0.1) is 23.6 Å². The molecule has 0 bridgehead atoms. The number of likely N-dealkylation sites (tertiary alicyclic amines) is 1. The molecule has 23 heavy (non-hydrogen) atoms. The lowest BCUT2D eigenvalue weighted by Crippen LogP contribution is -2.31. The van der Waals surface area contributed by atoms with Crippen LogP contribution in [0.25, 0.3) is 0 Å². The Hall–Kier alpha value is -2.63. The maximum absolute atomic E-state index is 12.9. The second-order valence-corrected chi connectivity index (χ2v) is 5.81. The van der Waals surface area contributed by atoms with E-state index in [1.165, 1.54) is 0 Å². The van der Waals surface area contributed by atoms with Crippen molar-refractivity contribution >= 4 is 5.91 Å². The summed E-state index contributed by atoms with van der Waals surface area (Å²) in [5.41, 5.74) is 2.34. The quantitative estimate of drug-likeness (QED) is 0.852. The molecule has 0 aliphatic carbocycles. The number of aryl methyl sites for hydroxylation is 1. The molecule has 4 rings (SSSR count). The van der Waals surface area contributed by atoms with E-state index in [9.17, 15) is 4.79 Å². The number of ether oxygens (including phenoxy) is 2. The van der Waals surface area contributed by atoms with Crippen LogP contribution >= 0.6 is 0 Å². The number of carbonyl (C=O) groups excluding carboxylic acids is 1. The Kier molecular flexibility index (Phi) is 3.37. The van der Waals surface area contributed by atoms with Crippen LogP contribution in [0.2, 0.25) is 0 Å². The van der Waals surface area contributed by atoms with Crippen LogP contribution in [-0.2, 0) is 0 Å². The molecule has 118 valence electrons. The molecular weight excluding hydrogens is 294 g/mol. The average Bonchev–Trinajstić information content (AvgIpc) is 3.22. The lowest BCUT2D eigenvalue weighted by Gasteiger charge is -2.24. The average molecular weight is 311 g/mol. The molecule has 2 aliphatic heterocycles. The molecule has 1 saturated heterocycles. The first kappa shape index (κ1) is 14.0. The monoisotopic (exact) mass is 311 g/mol. The third kappa shape index (κ3) is 2.50.